The molecule has 20 heavy (non-hydrogen) atoms. The van der Waals surface area contributed by atoms with Crippen molar-refractivity contribution in [1.29, 1.82) is 0 Å². The second-order valence-corrected chi connectivity index (χ2v) is 5.92. The molecule has 3 rings (SSSR count). The van der Waals surface area contributed by atoms with Crippen molar-refractivity contribution in [3.05, 3.63) is 48.0 Å². The predicted molar refractivity (Wildman–Crippen MR) is 80.4 cm³/mol. The zero-order chi connectivity index (χ0) is 14.1. The maximum absolute atomic E-state index is 14.5. The van der Waals surface area contributed by atoms with Crippen LogP contribution in [0.15, 0.2) is 47.6 Å². The SMILES string of the molecule is C=C1C(CC2CC2)=NN(C)[C@H](c2ccccc2)CC1F. The first-order valence-electron chi connectivity index (χ1n) is 7.33. The van der Waals surface area contributed by atoms with Gasteiger partial charge in [-0.25, -0.2) is 4.39 Å². The molecule has 1 fully saturated rings. The van der Waals surface area contributed by atoms with Crippen molar-refractivity contribution in [2.45, 2.75) is 37.9 Å². The number of hydrazone groups is 1. The van der Waals surface area contributed by atoms with Crippen molar-refractivity contribution >= 4 is 5.71 Å². The van der Waals surface area contributed by atoms with Gasteiger partial charge in [0.25, 0.3) is 0 Å². The fraction of sp³-hybridized carbons (Fsp3) is 0.471. The molecule has 1 heterocycles. The summed E-state index contributed by atoms with van der Waals surface area (Å²) in [5, 5.41) is 6.57. The summed E-state index contributed by atoms with van der Waals surface area (Å²) in [4.78, 5) is 0. The zero-order valence-electron chi connectivity index (χ0n) is 11.9. The molecule has 0 radical (unpaired) electrons. The summed E-state index contributed by atoms with van der Waals surface area (Å²) in [7, 11) is 1.94. The lowest BCUT2D eigenvalue weighted by molar-refractivity contribution is 0.213. The van der Waals surface area contributed by atoms with E-state index >= 15 is 0 Å². The van der Waals surface area contributed by atoms with E-state index < -0.39 is 6.17 Å². The number of allylic oxidation sites excluding steroid dienone is 1. The summed E-state index contributed by atoms with van der Waals surface area (Å²) >= 11 is 0. The van der Waals surface area contributed by atoms with Crippen LogP contribution in [0.2, 0.25) is 0 Å². The Balaban J connectivity index is 1.87. The third kappa shape index (κ3) is 2.77. The molecule has 2 atom stereocenters. The van der Waals surface area contributed by atoms with Gasteiger partial charge in [0.15, 0.2) is 0 Å². The summed E-state index contributed by atoms with van der Waals surface area (Å²) in [6.45, 7) is 3.95. The van der Waals surface area contributed by atoms with Gasteiger partial charge in [0.05, 0.1) is 11.8 Å². The van der Waals surface area contributed by atoms with Crippen molar-refractivity contribution in [2.24, 2.45) is 11.0 Å². The van der Waals surface area contributed by atoms with Gasteiger partial charge in [0.1, 0.15) is 6.17 Å². The van der Waals surface area contributed by atoms with E-state index in [-0.39, 0.29) is 6.04 Å². The normalized spacial score (nSPS) is 27.2. The number of hydrogen-bond donors (Lipinski definition) is 0. The molecule has 2 nitrogen and oxygen atoms in total. The van der Waals surface area contributed by atoms with Gasteiger partial charge in [0.2, 0.25) is 0 Å². The minimum absolute atomic E-state index is 0.0142. The van der Waals surface area contributed by atoms with Crippen LogP contribution in [0.25, 0.3) is 0 Å². The van der Waals surface area contributed by atoms with Crippen molar-refractivity contribution in [1.82, 2.24) is 5.01 Å². The summed E-state index contributed by atoms with van der Waals surface area (Å²) in [5.41, 5.74) is 2.56. The molecular formula is C17H21FN2. The molecule has 106 valence electrons. The number of nitrogens with zero attached hydrogens (tertiary/aromatic N) is 2. The lowest BCUT2D eigenvalue weighted by Crippen LogP contribution is -2.20. The van der Waals surface area contributed by atoms with Crippen molar-refractivity contribution in [2.75, 3.05) is 7.05 Å². The highest BCUT2D eigenvalue weighted by atomic mass is 19.1. The van der Waals surface area contributed by atoms with Gasteiger partial charge >= 0.3 is 0 Å². The standard InChI is InChI=1S/C17H21FN2/c1-12-15(18)11-17(14-6-4-3-5-7-14)20(2)19-16(12)10-13-8-9-13/h3-7,13,15,17H,1,8-11H2,2H3/t15?,17-/m0/s1. The quantitative estimate of drug-likeness (QED) is 0.808. The van der Waals surface area contributed by atoms with Gasteiger partial charge in [-0.15, -0.1) is 0 Å². The van der Waals surface area contributed by atoms with E-state index in [9.17, 15) is 4.39 Å². The second-order valence-electron chi connectivity index (χ2n) is 5.92. The van der Waals surface area contributed by atoms with Crippen LogP contribution in [-0.2, 0) is 0 Å². The van der Waals surface area contributed by atoms with Crippen LogP contribution in [-0.4, -0.2) is 23.9 Å². The summed E-state index contributed by atoms with van der Waals surface area (Å²) in [6.07, 6.45) is 2.80. The maximum atomic E-state index is 14.5. The van der Waals surface area contributed by atoms with E-state index in [1.54, 1.807) is 0 Å². The Labute approximate surface area is 120 Å². The third-order valence-electron chi connectivity index (χ3n) is 4.27. The van der Waals surface area contributed by atoms with Crippen LogP contribution >= 0.6 is 0 Å². The predicted octanol–water partition coefficient (Wildman–Crippen LogP) is 4.11. The van der Waals surface area contributed by atoms with Crippen molar-refractivity contribution in [3.8, 4) is 0 Å². The van der Waals surface area contributed by atoms with Gasteiger partial charge in [-0.2, -0.15) is 5.10 Å². The lowest BCUT2D eigenvalue weighted by Gasteiger charge is -2.25. The molecule has 1 aromatic carbocycles. The van der Waals surface area contributed by atoms with E-state index in [0.717, 1.165) is 17.7 Å². The van der Waals surface area contributed by atoms with Crippen molar-refractivity contribution < 1.29 is 4.39 Å². The first kappa shape index (κ1) is 13.3. The van der Waals surface area contributed by atoms with E-state index in [0.29, 0.717) is 17.9 Å². The molecule has 1 saturated carbocycles. The summed E-state index contributed by atoms with van der Waals surface area (Å²) in [5.74, 6) is 0.694. The third-order valence-corrected chi connectivity index (χ3v) is 4.27. The monoisotopic (exact) mass is 272 g/mol. The number of alkyl halides is 1. The molecule has 1 aromatic rings. The van der Waals surface area contributed by atoms with Crippen LogP contribution in [0.5, 0.6) is 0 Å². The van der Waals surface area contributed by atoms with Crippen LogP contribution in [0, 0.1) is 5.92 Å². The molecule has 2 aliphatic rings. The Morgan fingerprint density at radius 1 is 1.30 bits per heavy atom. The van der Waals surface area contributed by atoms with Crippen LogP contribution in [0.1, 0.15) is 37.3 Å². The molecule has 1 aliphatic carbocycles. The minimum Gasteiger partial charge on any atom is -0.292 e. The van der Waals surface area contributed by atoms with Gasteiger partial charge in [0, 0.05) is 19.0 Å². The molecule has 0 bridgehead atoms. The maximum Gasteiger partial charge on any atom is 0.129 e. The Bertz CT molecular complexity index is 519. The smallest absolute Gasteiger partial charge is 0.129 e. The zero-order valence-corrected chi connectivity index (χ0v) is 11.9. The molecule has 0 amide bonds. The molecule has 0 N–H and O–H groups in total. The lowest BCUT2D eigenvalue weighted by atomic mass is 9.95. The molecule has 0 spiro atoms. The Kier molecular flexibility index (Phi) is 3.60. The van der Waals surface area contributed by atoms with Crippen LogP contribution in [0.4, 0.5) is 4.39 Å². The first-order valence-corrected chi connectivity index (χ1v) is 7.33. The van der Waals surface area contributed by atoms with Gasteiger partial charge < -0.3 is 0 Å². The van der Waals surface area contributed by atoms with Gasteiger partial charge in [-0.3, -0.25) is 5.01 Å². The summed E-state index contributed by atoms with van der Waals surface area (Å²) < 4.78 is 14.5. The Hall–Kier alpha value is -1.64. The number of benzene rings is 1. The number of halogens is 1. The van der Waals surface area contributed by atoms with E-state index in [4.69, 9.17) is 0 Å². The van der Waals surface area contributed by atoms with Crippen molar-refractivity contribution in [3.63, 3.8) is 0 Å². The average Bonchev–Trinajstić information content (AvgIpc) is 3.27. The number of hydrogen-bond acceptors (Lipinski definition) is 2. The average molecular weight is 272 g/mol. The van der Waals surface area contributed by atoms with E-state index in [1.165, 1.54) is 12.8 Å². The topological polar surface area (TPSA) is 15.6 Å². The van der Waals surface area contributed by atoms with Gasteiger partial charge in [-0.1, -0.05) is 36.9 Å². The summed E-state index contributed by atoms with van der Waals surface area (Å²) in [6, 6.07) is 10.0. The molecule has 3 heteroatoms. The molecule has 0 aromatic heterocycles. The first-order chi connectivity index (χ1) is 9.65. The Morgan fingerprint density at radius 3 is 2.65 bits per heavy atom. The van der Waals surface area contributed by atoms with E-state index in [1.807, 2.05) is 42.4 Å². The van der Waals surface area contributed by atoms with Crippen LogP contribution < -0.4 is 0 Å². The highest BCUT2D eigenvalue weighted by Crippen LogP contribution is 2.37. The second kappa shape index (κ2) is 5.39. The highest BCUT2D eigenvalue weighted by Gasteiger charge is 2.32. The van der Waals surface area contributed by atoms with E-state index in [2.05, 4.69) is 11.7 Å². The molecule has 0 saturated heterocycles. The fourth-order valence-electron chi connectivity index (χ4n) is 2.79. The number of rotatable bonds is 3. The van der Waals surface area contributed by atoms with Crippen LogP contribution in [0.3, 0.4) is 0 Å². The molecular weight excluding hydrogens is 251 g/mol. The molecule has 1 unspecified atom stereocenters. The van der Waals surface area contributed by atoms with Gasteiger partial charge in [-0.05, 0) is 30.7 Å². The molecule has 1 aliphatic heterocycles. The highest BCUT2D eigenvalue weighted by molar-refractivity contribution is 6.00. The largest absolute Gasteiger partial charge is 0.292 e. The minimum atomic E-state index is -0.998. The fourth-order valence-corrected chi connectivity index (χ4v) is 2.79. The Morgan fingerprint density at radius 2 is 2.00 bits per heavy atom.